The second kappa shape index (κ2) is 8.77. The van der Waals surface area contributed by atoms with E-state index in [-0.39, 0.29) is 18.0 Å². The van der Waals surface area contributed by atoms with Crippen molar-refractivity contribution in [3.05, 3.63) is 51.8 Å². The minimum absolute atomic E-state index is 0.0216. The van der Waals surface area contributed by atoms with Gasteiger partial charge in [-0.25, -0.2) is 4.79 Å². The number of carbonyl (C=O) groups is 2. The minimum atomic E-state index is -0.551. The second-order valence-corrected chi connectivity index (χ2v) is 9.96. The van der Waals surface area contributed by atoms with E-state index in [1.165, 1.54) is 0 Å². The van der Waals surface area contributed by atoms with Crippen LogP contribution >= 0.6 is 11.6 Å². The van der Waals surface area contributed by atoms with Gasteiger partial charge in [-0.2, -0.15) is 5.10 Å². The maximum atomic E-state index is 13.1. The number of aryl methyl sites for hydroxylation is 1. The molecule has 2 aliphatic heterocycles. The number of halogens is 1. The number of benzene rings is 1. The van der Waals surface area contributed by atoms with Crippen LogP contribution in [0.15, 0.2) is 24.5 Å². The molecular formula is C24H31ClN4O3. The van der Waals surface area contributed by atoms with E-state index >= 15 is 0 Å². The first-order chi connectivity index (χ1) is 15.2. The third-order valence-corrected chi connectivity index (χ3v) is 6.29. The van der Waals surface area contributed by atoms with Crippen LogP contribution in [0.4, 0.5) is 4.79 Å². The van der Waals surface area contributed by atoms with Crippen LogP contribution in [0.5, 0.6) is 0 Å². The van der Waals surface area contributed by atoms with Crippen LogP contribution < -0.4 is 0 Å². The van der Waals surface area contributed by atoms with Crippen molar-refractivity contribution < 1.29 is 14.3 Å². The highest BCUT2D eigenvalue weighted by molar-refractivity contribution is 6.30. The SMILES string of the molecule is CCn1cc(C(=O)N2CCc3cc(Cl)cc([C@@H]4CCCN4C(=O)OC(C)(C)C)c3C2)cn1. The lowest BCUT2D eigenvalue weighted by Gasteiger charge is -2.34. The summed E-state index contributed by atoms with van der Waals surface area (Å²) in [5, 5.41) is 4.90. The number of hydrogen-bond acceptors (Lipinski definition) is 4. The first-order valence-corrected chi connectivity index (χ1v) is 11.7. The number of fused-ring (bicyclic) bond motifs is 1. The molecule has 32 heavy (non-hydrogen) atoms. The summed E-state index contributed by atoms with van der Waals surface area (Å²) in [4.78, 5) is 29.7. The van der Waals surface area contributed by atoms with Crippen molar-refractivity contribution in [3.8, 4) is 0 Å². The molecule has 0 N–H and O–H groups in total. The Kier molecular flexibility index (Phi) is 6.21. The Balaban J connectivity index is 1.62. The van der Waals surface area contributed by atoms with Gasteiger partial charge >= 0.3 is 6.09 Å². The van der Waals surface area contributed by atoms with Crippen molar-refractivity contribution in [3.63, 3.8) is 0 Å². The van der Waals surface area contributed by atoms with Gasteiger partial charge in [0.15, 0.2) is 0 Å². The lowest BCUT2D eigenvalue weighted by molar-refractivity contribution is 0.0222. The Hall–Kier alpha value is -2.54. The highest BCUT2D eigenvalue weighted by atomic mass is 35.5. The molecule has 7 nitrogen and oxygen atoms in total. The van der Waals surface area contributed by atoms with E-state index in [1.807, 2.05) is 49.6 Å². The number of hydrogen-bond donors (Lipinski definition) is 0. The van der Waals surface area contributed by atoms with E-state index in [4.69, 9.17) is 16.3 Å². The molecule has 1 saturated heterocycles. The molecule has 1 aromatic heterocycles. The first kappa shape index (κ1) is 22.6. The number of rotatable bonds is 3. The van der Waals surface area contributed by atoms with Crippen LogP contribution in [-0.2, 0) is 24.2 Å². The standard InChI is InChI=1S/C24H31ClN4O3/c1-5-28-14-17(13-26-28)22(30)27-10-8-16-11-18(25)12-19(20(16)15-27)21-7-6-9-29(21)23(31)32-24(2,3)4/h11-14,21H,5-10,15H2,1-4H3/t21-/m0/s1. The maximum Gasteiger partial charge on any atom is 0.410 e. The van der Waals surface area contributed by atoms with Gasteiger partial charge in [0.2, 0.25) is 0 Å². The van der Waals surface area contributed by atoms with Crippen LogP contribution in [0.3, 0.4) is 0 Å². The van der Waals surface area contributed by atoms with Gasteiger partial charge in [0.25, 0.3) is 5.91 Å². The molecule has 0 spiro atoms. The molecule has 2 aliphatic rings. The van der Waals surface area contributed by atoms with Gasteiger partial charge in [-0.15, -0.1) is 0 Å². The second-order valence-electron chi connectivity index (χ2n) is 9.53. The molecule has 2 amide bonds. The molecule has 0 radical (unpaired) electrons. The number of carbonyl (C=O) groups excluding carboxylic acids is 2. The fourth-order valence-electron chi connectivity index (χ4n) is 4.59. The van der Waals surface area contributed by atoms with Crippen LogP contribution in [0.1, 0.15) is 73.6 Å². The maximum absolute atomic E-state index is 13.1. The third kappa shape index (κ3) is 4.63. The van der Waals surface area contributed by atoms with Crippen molar-refractivity contribution >= 4 is 23.6 Å². The third-order valence-electron chi connectivity index (χ3n) is 6.07. The number of ether oxygens (including phenoxy) is 1. The van der Waals surface area contributed by atoms with Crippen molar-refractivity contribution in [1.29, 1.82) is 0 Å². The van der Waals surface area contributed by atoms with Crippen LogP contribution in [0.2, 0.25) is 5.02 Å². The van der Waals surface area contributed by atoms with Gasteiger partial charge in [-0.3, -0.25) is 9.48 Å². The summed E-state index contributed by atoms with van der Waals surface area (Å²) >= 11 is 6.48. The zero-order valence-electron chi connectivity index (χ0n) is 19.2. The summed E-state index contributed by atoms with van der Waals surface area (Å²) < 4.78 is 7.42. The molecule has 1 aromatic carbocycles. The van der Waals surface area contributed by atoms with Crippen molar-refractivity contribution in [1.82, 2.24) is 19.6 Å². The normalized spacial score (nSPS) is 18.6. The summed E-state index contributed by atoms with van der Waals surface area (Å²) in [6, 6.07) is 3.84. The monoisotopic (exact) mass is 458 g/mol. The van der Waals surface area contributed by atoms with Crippen molar-refractivity contribution in [2.24, 2.45) is 0 Å². The quantitative estimate of drug-likeness (QED) is 0.660. The topological polar surface area (TPSA) is 67.7 Å². The molecule has 3 heterocycles. The zero-order valence-corrected chi connectivity index (χ0v) is 20.0. The average Bonchev–Trinajstić information content (AvgIpc) is 3.40. The highest BCUT2D eigenvalue weighted by Gasteiger charge is 2.36. The molecule has 172 valence electrons. The Labute approximate surface area is 194 Å². The van der Waals surface area contributed by atoms with Crippen molar-refractivity contribution in [2.75, 3.05) is 13.1 Å². The van der Waals surface area contributed by atoms with Gasteiger partial charge in [-0.05, 0) is 75.8 Å². The summed E-state index contributed by atoms with van der Waals surface area (Å²) in [5.41, 5.74) is 3.32. The van der Waals surface area contributed by atoms with Crippen LogP contribution in [0.25, 0.3) is 0 Å². The minimum Gasteiger partial charge on any atom is -0.444 e. The molecular weight excluding hydrogens is 428 g/mol. The average molecular weight is 459 g/mol. The Morgan fingerprint density at radius 2 is 2.03 bits per heavy atom. The number of aromatic nitrogens is 2. The molecule has 0 unspecified atom stereocenters. The Morgan fingerprint density at radius 1 is 1.25 bits per heavy atom. The van der Waals surface area contributed by atoms with E-state index in [2.05, 4.69) is 5.10 Å². The molecule has 8 heteroatoms. The van der Waals surface area contributed by atoms with E-state index < -0.39 is 5.60 Å². The molecule has 1 atom stereocenters. The summed E-state index contributed by atoms with van der Waals surface area (Å²) in [6.07, 6.45) is 5.61. The number of nitrogens with zero attached hydrogens (tertiary/aromatic N) is 4. The van der Waals surface area contributed by atoms with Crippen molar-refractivity contribution in [2.45, 2.75) is 71.7 Å². The van der Waals surface area contributed by atoms with Gasteiger partial charge in [0.05, 0.1) is 17.8 Å². The largest absolute Gasteiger partial charge is 0.444 e. The fraction of sp³-hybridized carbons (Fsp3) is 0.542. The highest BCUT2D eigenvalue weighted by Crippen LogP contribution is 2.39. The first-order valence-electron chi connectivity index (χ1n) is 11.3. The van der Waals surface area contributed by atoms with E-state index in [0.717, 1.165) is 42.5 Å². The smallest absolute Gasteiger partial charge is 0.410 e. The lowest BCUT2D eigenvalue weighted by Crippen LogP contribution is -2.39. The molecule has 0 bridgehead atoms. The Bertz CT molecular complexity index is 1030. The summed E-state index contributed by atoms with van der Waals surface area (Å²) in [7, 11) is 0. The van der Waals surface area contributed by atoms with E-state index in [9.17, 15) is 9.59 Å². The molecule has 4 rings (SSSR count). The molecule has 0 saturated carbocycles. The molecule has 2 aromatic rings. The fourth-order valence-corrected chi connectivity index (χ4v) is 4.84. The van der Waals surface area contributed by atoms with E-state index in [0.29, 0.717) is 30.2 Å². The molecule has 0 aliphatic carbocycles. The zero-order chi connectivity index (χ0) is 23.0. The van der Waals surface area contributed by atoms with Crippen LogP contribution in [-0.4, -0.2) is 50.3 Å². The van der Waals surface area contributed by atoms with Gasteiger partial charge in [0, 0.05) is 37.4 Å². The van der Waals surface area contributed by atoms with Gasteiger partial charge in [0.1, 0.15) is 5.60 Å². The number of likely N-dealkylation sites (tertiary alicyclic amines) is 1. The van der Waals surface area contributed by atoms with Crippen LogP contribution in [0, 0.1) is 0 Å². The predicted octanol–water partition coefficient (Wildman–Crippen LogP) is 4.83. The Morgan fingerprint density at radius 3 is 2.72 bits per heavy atom. The molecule has 1 fully saturated rings. The number of amides is 2. The predicted molar refractivity (Wildman–Crippen MR) is 123 cm³/mol. The summed E-state index contributed by atoms with van der Waals surface area (Å²) in [5.74, 6) is -0.0216. The lowest BCUT2D eigenvalue weighted by atomic mass is 9.90. The summed E-state index contributed by atoms with van der Waals surface area (Å²) in [6.45, 7) is 10.1. The van der Waals surface area contributed by atoms with E-state index in [1.54, 1.807) is 17.1 Å². The van der Waals surface area contributed by atoms with Gasteiger partial charge < -0.3 is 14.5 Å². The van der Waals surface area contributed by atoms with Gasteiger partial charge in [-0.1, -0.05) is 11.6 Å².